The second-order valence-electron chi connectivity index (χ2n) is 3.73. The maximum absolute atomic E-state index is 13.3. The monoisotopic (exact) mass is 311 g/mol. The van der Waals surface area contributed by atoms with Crippen LogP contribution in [0.3, 0.4) is 0 Å². The predicted octanol–water partition coefficient (Wildman–Crippen LogP) is 3.58. The fourth-order valence-corrected chi connectivity index (χ4v) is 1.70. The Balaban J connectivity index is 2.23. The largest absolute Gasteiger partial charge is 0.439 e. The van der Waals surface area contributed by atoms with E-state index in [9.17, 15) is 4.39 Å². The first kappa shape index (κ1) is 13.0. The summed E-state index contributed by atoms with van der Waals surface area (Å²) in [7, 11) is 0. The predicted molar refractivity (Wildman–Crippen MR) is 69.1 cm³/mol. The summed E-state index contributed by atoms with van der Waals surface area (Å²) in [5, 5.41) is 9.03. The molecule has 0 radical (unpaired) electrons. The van der Waals surface area contributed by atoms with Crippen molar-refractivity contribution in [2.75, 3.05) is 0 Å². The van der Waals surface area contributed by atoms with E-state index in [4.69, 9.17) is 9.84 Å². The number of hydrogen-bond acceptors (Lipinski definition) is 3. The molecule has 3 nitrogen and oxygen atoms in total. The molecule has 2 rings (SSSR count). The molecule has 0 aliphatic heterocycles. The van der Waals surface area contributed by atoms with Crippen LogP contribution >= 0.6 is 15.9 Å². The molecule has 0 saturated heterocycles. The minimum absolute atomic E-state index is 0.0635. The molecular weight excluding hydrogens is 301 g/mol. The second-order valence-corrected chi connectivity index (χ2v) is 4.58. The first-order chi connectivity index (χ1) is 8.60. The minimum atomic E-state index is -0.392. The van der Waals surface area contributed by atoms with Crippen LogP contribution in [0.25, 0.3) is 0 Å². The summed E-state index contributed by atoms with van der Waals surface area (Å²) in [6.45, 7) is 1.71. The molecule has 0 spiro atoms. The van der Waals surface area contributed by atoms with Gasteiger partial charge in [0.25, 0.3) is 0 Å². The molecule has 18 heavy (non-hydrogen) atoms. The summed E-state index contributed by atoms with van der Waals surface area (Å²) >= 11 is 3.07. The van der Waals surface area contributed by atoms with Gasteiger partial charge in [-0.3, -0.25) is 0 Å². The van der Waals surface area contributed by atoms with Gasteiger partial charge >= 0.3 is 0 Å². The maximum Gasteiger partial charge on any atom is 0.219 e. The number of hydrogen-bond donors (Lipinski definition) is 1. The Morgan fingerprint density at radius 2 is 2.11 bits per heavy atom. The molecule has 1 aromatic heterocycles. The normalized spacial score (nSPS) is 10.4. The lowest BCUT2D eigenvalue weighted by Crippen LogP contribution is -1.95. The smallest absolute Gasteiger partial charge is 0.219 e. The van der Waals surface area contributed by atoms with Crippen molar-refractivity contribution < 1.29 is 14.2 Å². The molecule has 0 unspecified atom stereocenters. The van der Waals surface area contributed by atoms with Gasteiger partial charge in [-0.1, -0.05) is 0 Å². The lowest BCUT2D eigenvalue weighted by Gasteiger charge is -2.08. The molecule has 0 aliphatic carbocycles. The van der Waals surface area contributed by atoms with Crippen LogP contribution in [0.1, 0.15) is 11.3 Å². The third-order valence-corrected chi connectivity index (χ3v) is 3.10. The molecule has 5 heteroatoms. The molecule has 0 saturated carbocycles. The average Bonchev–Trinajstić information content (AvgIpc) is 2.34. The van der Waals surface area contributed by atoms with Crippen LogP contribution in [-0.4, -0.2) is 10.1 Å². The SMILES string of the molecule is Cc1nc(Oc2ccc(Br)c(F)c2)ccc1CO. The van der Waals surface area contributed by atoms with E-state index in [1.54, 1.807) is 31.2 Å². The van der Waals surface area contributed by atoms with E-state index in [2.05, 4.69) is 20.9 Å². The molecule has 1 aromatic carbocycles. The highest BCUT2D eigenvalue weighted by molar-refractivity contribution is 9.10. The Labute approximate surface area is 112 Å². The Bertz CT molecular complexity index is 575. The molecule has 2 aromatic rings. The van der Waals surface area contributed by atoms with Crippen LogP contribution in [-0.2, 0) is 6.61 Å². The molecule has 0 bridgehead atoms. The highest BCUT2D eigenvalue weighted by Gasteiger charge is 2.05. The third kappa shape index (κ3) is 2.86. The highest BCUT2D eigenvalue weighted by atomic mass is 79.9. The van der Waals surface area contributed by atoms with Gasteiger partial charge in [-0.15, -0.1) is 0 Å². The number of aromatic nitrogens is 1. The second kappa shape index (κ2) is 5.46. The van der Waals surface area contributed by atoms with Crippen LogP contribution in [0, 0.1) is 12.7 Å². The Kier molecular flexibility index (Phi) is 3.93. The van der Waals surface area contributed by atoms with Crippen molar-refractivity contribution in [3.05, 3.63) is 51.9 Å². The topological polar surface area (TPSA) is 42.4 Å². The lowest BCUT2D eigenvalue weighted by molar-refractivity contribution is 0.280. The zero-order valence-corrected chi connectivity index (χ0v) is 11.2. The van der Waals surface area contributed by atoms with Gasteiger partial charge in [-0.05, 0) is 46.6 Å². The third-order valence-electron chi connectivity index (χ3n) is 2.45. The highest BCUT2D eigenvalue weighted by Crippen LogP contribution is 2.25. The first-order valence-electron chi connectivity index (χ1n) is 5.30. The molecule has 0 amide bonds. The van der Waals surface area contributed by atoms with Crippen LogP contribution in [0.2, 0.25) is 0 Å². The number of ether oxygens (including phenoxy) is 1. The maximum atomic E-state index is 13.3. The summed E-state index contributed by atoms with van der Waals surface area (Å²) < 4.78 is 19.1. The quantitative estimate of drug-likeness (QED) is 0.942. The van der Waals surface area contributed by atoms with E-state index >= 15 is 0 Å². The summed E-state index contributed by atoms with van der Waals surface area (Å²) in [4.78, 5) is 4.17. The summed E-state index contributed by atoms with van der Waals surface area (Å²) in [6.07, 6.45) is 0. The number of halogens is 2. The van der Waals surface area contributed by atoms with E-state index in [0.29, 0.717) is 21.8 Å². The van der Waals surface area contributed by atoms with Gasteiger partial charge in [-0.25, -0.2) is 9.37 Å². The van der Waals surface area contributed by atoms with E-state index in [0.717, 1.165) is 5.56 Å². The van der Waals surface area contributed by atoms with E-state index in [1.165, 1.54) is 6.07 Å². The molecule has 1 heterocycles. The fraction of sp³-hybridized carbons (Fsp3) is 0.154. The van der Waals surface area contributed by atoms with Crippen LogP contribution in [0.4, 0.5) is 4.39 Å². The average molecular weight is 312 g/mol. The minimum Gasteiger partial charge on any atom is -0.439 e. The standard InChI is InChI=1S/C13H11BrFNO2/c1-8-9(7-17)2-5-13(16-8)18-10-3-4-11(14)12(15)6-10/h2-6,17H,7H2,1H3. The zero-order chi connectivity index (χ0) is 13.1. The molecule has 0 fully saturated rings. The molecule has 0 atom stereocenters. The fourth-order valence-electron chi connectivity index (χ4n) is 1.45. The van der Waals surface area contributed by atoms with Crippen molar-refractivity contribution in [3.63, 3.8) is 0 Å². The van der Waals surface area contributed by atoms with Crippen molar-refractivity contribution >= 4 is 15.9 Å². The number of aliphatic hydroxyl groups is 1. The van der Waals surface area contributed by atoms with E-state index in [-0.39, 0.29) is 6.61 Å². The zero-order valence-electron chi connectivity index (χ0n) is 9.65. The van der Waals surface area contributed by atoms with Crippen molar-refractivity contribution in [1.29, 1.82) is 0 Å². The van der Waals surface area contributed by atoms with Crippen LogP contribution < -0.4 is 4.74 Å². The Morgan fingerprint density at radius 3 is 2.72 bits per heavy atom. The number of aliphatic hydroxyl groups excluding tert-OH is 1. The number of aryl methyl sites for hydroxylation is 1. The molecular formula is C13H11BrFNO2. The van der Waals surface area contributed by atoms with Gasteiger partial charge in [0, 0.05) is 17.8 Å². The Morgan fingerprint density at radius 1 is 1.33 bits per heavy atom. The van der Waals surface area contributed by atoms with Gasteiger partial charge in [-0.2, -0.15) is 0 Å². The first-order valence-corrected chi connectivity index (χ1v) is 6.09. The summed E-state index contributed by atoms with van der Waals surface area (Å²) in [6, 6.07) is 7.86. The number of rotatable bonds is 3. The number of pyridine rings is 1. The van der Waals surface area contributed by atoms with Crippen molar-refractivity contribution in [2.45, 2.75) is 13.5 Å². The van der Waals surface area contributed by atoms with Gasteiger partial charge in [0.2, 0.25) is 5.88 Å². The molecule has 1 N–H and O–H groups in total. The van der Waals surface area contributed by atoms with Crippen molar-refractivity contribution in [1.82, 2.24) is 4.98 Å². The van der Waals surface area contributed by atoms with E-state index in [1.807, 2.05) is 0 Å². The number of nitrogens with zero attached hydrogens (tertiary/aromatic N) is 1. The van der Waals surface area contributed by atoms with E-state index < -0.39 is 5.82 Å². The molecule has 94 valence electrons. The van der Waals surface area contributed by atoms with Crippen LogP contribution in [0.15, 0.2) is 34.8 Å². The summed E-state index contributed by atoms with van der Waals surface area (Å²) in [5.74, 6) is 0.349. The van der Waals surface area contributed by atoms with Gasteiger partial charge in [0.05, 0.1) is 11.1 Å². The lowest BCUT2D eigenvalue weighted by atomic mass is 10.2. The van der Waals surface area contributed by atoms with Crippen LogP contribution in [0.5, 0.6) is 11.6 Å². The summed E-state index contributed by atoms with van der Waals surface area (Å²) in [5.41, 5.74) is 1.43. The molecule has 0 aliphatic rings. The van der Waals surface area contributed by atoms with Crippen molar-refractivity contribution in [3.8, 4) is 11.6 Å². The van der Waals surface area contributed by atoms with Crippen molar-refractivity contribution in [2.24, 2.45) is 0 Å². The Hall–Kier alpha value is -1.46. The van der Waals surface area contributed by atoms with Gasteiger partial charge in [0.15, 0.2) is 0 Å². The number of benzene rings is 1. The van der Waals surface area contributed by atoms with Gasteiger partial charge < -0.3 is 9.84 Å². The van der Waals surface area contributed by atoms with Gasteiger partial charge in [0.1, 0.15) is 11.6 Å².